The van der Waals surface area contributed by atoms with Crippen LogP contribution in [-0.4, -0.2) is 25.0 Å². The highest BCUT2D eigenvalue weighted by Gasteiger charge is 2.18. The summed E-state index contributed by atoms with van der Waals surface area (Å²) in [7, 11) is 0. The maximum absolute atomic E-state index is 8.85. The first-order valence-corrected chi connectivity index (χ1v) is 11.9. The van der Waals surface area contributed by atoms with Crippen molar-refractivity contribution >= 4 is 45.1 Å². The summed E-state index contributed by atoms with van der Waals surface area (Å²) in [6.07, 6.45) is 1.38. The Bertz CT molecular complexity index is 1100. The lowest BCUT2D eigenvalue weighted by atomic mass is 10.3. The van der Waals surface area contributed by atoms with Gasteiger partial charge in [-0.25, -0.2) is 4.98 Å². The summed E-state index contributed by atoms with van der Waals surface area (Å²) in [5.41, 5.74) is 2.08. The molecule has 0 saturated carbocycles. The van der Waals surface area contributed by atoms with E-state index in [9.17, 15) is 0 Å². The first-order chi connectivity index (χ1) is 14.2. The molecule has 0 fully saturated rings. The Labute approximate surface area is 182 Å². The van der Waals surface area contributed by atoms with Crippen LogP contribution in [0.3, 0.4) is 0 Å². The predicted molar refractivity (Wildman–Crippen MR) is 121 cm³/mol. The number of aromatic nitrogens is 4. The zero-order valence-electron chi connectivity index (χ0n) is 15.9. The average Bonchev–Trinajstić information content (AvgIpc) is 3.34. The molecule has 146 valence electrons. The van der Waals surface area contributed by atoms with E-state index in [1.807, 2.05) is 36.4 Å². The first kappa shape index (κ1) is 20.0. The molecule has 0 radical (unpaired) electrons. The van der Waals surface area contributed by atoms with Crippen molar-refractivity contribution in [2.75, 3.05) is 0 Å². The monoisotopic (exact) mass is 437 g/mol. The first-order valence-electron chi connectivity index (χ1n) is 9.26. The van der Waals surface area contributed by atoms with Crippen LogP contribution in [0.4, 0.5) is 0 Å². The topological polar surface area (TPSA) is 67.4 Å². The quantitative estimate of drug-likeness (QED) is 0.317. The van der Waals surface area contributed by atoms with Crippen molar-refractivity contribution in [1.29, 1.82) is 5.26 Å². The van der Waals surface area contributed by atoms with E-state index in [1.54, 1.807) is 34.9 Å². The molecular formula is C21H19N5S3. The normalized spacial score (nSPS) is 12.1. The van der Waals surface area contributed by atoms with Crippen molar-refractivity contribution in [2.45, 2.75) is 40.3 Å². The summed E-state index contributed by atoms with van der Waals surface area (Å²) >= 11 is 5.06. The van der Waals surface area contributed by atoms with Gasteiger partial charge in [0.15, 0.2) is 9.50 Å². The zero-order valence-corrected chi connectivity index (χ0v) is 18.3. The molecule has 1 atom stereocenters. The number of thiazole rings is 1. The van der Waals surface area contributed by atoms with Gasteiger partial charge >= 0.3 is 0 Å². The predicted octanol–water partition coefficient (Wildman–Crippen LogP) is 5.95. The molecule has 4 aromatic rings. The highest BCUT2D eigenvalue weighted by atomic mass is 32.2. The molecule has 0 spiro atoms. The maximum atomic E-state index is 8.85. The molecule has 2 heterocycles. The fourth-order valence-electron chi connectivity index (χ4n) is 2.85. The van der Waals surface area contributed by atoms with E-state index in [0.29, 0.717) is 17.4 Å². The zero-order chi connectivity index (χ0) is 20.1. The third-order valence-corrected chi connectivity index (χ3v) is 7.57. The van der Waals surface area contributed by atoms with Gasteiger partial charge in [0.2, 0.25) is 0 Å². The molecule has 8 heteroatoms. The Balaban J connectivity index is 1.58. The summed E-state index contributed by atoms with van der Waals surface area (Å²) in [5, 5.41) is 18.9. The largest absolute Gasteiger partial charge is 0.273 e. The number of para-hydroxylation sites is 2. The average molecular weight is 438 g/mol. The molecule has 2 aromatic heterocycles. The lowest BCUT2D eigenvalue weighted by Crippen LogP contribution is -2.04. The van der Waals surface area contributed by atoms with Gasteiger partial charge in [0.1, 0.15) is 5.82 Å². The molecule has 4 rings (SSSR count). The van der Waals surface area contributed by atoms with Gasteiger partial charge < -0.3 is 0 Å². The van der Waals surface area contributed by atoms with Gasteiger partial charge in [0.05, 0.1) is 22.0 Å². The van der Waals surface area contributed by atoms with Crippen molar-refractivity contribution in [1.82, 2.24) is 19.7 Å². The molecular weight excluding hydrogens is 418 g/mol. The molecule has 0 amide bonds. The van der Waals surface area contributed by atoms with Gasteiger partial charge in [-0.15, -0.1) is 21.5 Å². The van der Waals surface area contributed by atoms with Crippen LogP contribution in [0.15, 0.2) is 64.1 Å². The lowest BCUT2D eigenvalue weighted by Gasteiger charge is -2.12. The van der Waals surface area contributed by atoms with Crippen molar-refractivity contribution in [3.63, 3.8) is 0 Å². The van der Waals surface area contributed by atoms with E-state index in [2.05, 4.69) is 46.0 Å². The lowest BCUT2D eigenvalue weighted by molar-refractivity contribution is 0.814. The summed E-state index contributed by atoms with van der Waals surface area (Å²) in [5.74, 6) is 1.59. The molecule has 0 saturated heterocycles. The molecule has 0 aliphatic carbocycles. The molecule has 0 bridgehead atoms. The van der Waals surface area contributed by atoms with Crippen molar-refractivity contribution in [3.8, 4) is 11.8 Å². The molecule has 2 aromatic carbocycles. The third kappa shape index (κ3) is 4.81. The third-order valence-electron chi connectivity index (χ3n) is 4.28. The van der Waals surface area contributed by atoms with Crippen LogP contribution in [0.25, 0.3) is 15.9 Å². The molecule has 0 aliphatic heterocycles. The van der Waals surface area contributed by atoms with Gasteiger partial charge in [-0.1, -0.05) is 60.8 Å². The number of benzene rings is 2. The fourth-order valence-corrected chi connectivity index (χ4v) is 5.83. The van der Waals surface area contributed by atoms with Crippen LogP contribution in [0.1, 0.15) is 25.6 Å². The van der Waals surface area contributed by atoms with Crippen molar-refractivity contribution in [2.24, 2.45) is 0 Å². The van der Waals surface area contributed by atoms with Gasteiger partial charge in [-0.3, -0.25) is 4.57 Å². The number of nitrogens with zero attached hydrogens (tertiary/aromatic N) is 5. The van der Waals surface area contributed by atoms with Gasteiger partial charge in [-0.2, -0.15) is 5.26 Å². The number of hydrogen-bond donors (Lipinski definition) is 0. The number of thioether (sulfide) groups is 2. The summed E-state index contributed by atoms with van der Waals surface area (Å²) < 4.78 is 4.35. The van der Waals surface area contributed by atoms with Crippen LogP contribution in [0.2, 0.25) is 0 Å². The highest BCUT2D eigenvalue weighted by molar-refractivity contribution is 8.00. The SMILES string of the molecule is C[C@H](CCC#N)Sc1nnc(CSc2nc3ccccc3s2)n1-c1ccccc1. The van der Waals surface area contributed by atoms with E-state index in [-0.39, 0.29) is 0 Å². The smallest absolute Gasteiger partial charge is 0.196 e. The Hall–Kier alpha value is -2.34. The van der Waals surface area contributed by atoms with Gasteiger partial charge in [0, 0.05) is 17.4 Å². The summed E-state index contributed by atoms with van der Waals surface area (Å²) in [6.45, 7) is 2.13. The van der Waals surface area contributed by atoms with Crippen LogP contribution in [0, 0.1) is 11.3 Å². The minimum absolute atomic E-state index is 0.297. The summed E-state index contributed by atoms with van der Waals surface area (Å²) in [4.78, 5) is 4.71. The van der Waals surface area contributed by atoms with Gasteiger partial charge in [0.25, 0.3) is 0 Å². The second-order valence-electron chi connectivity index (χ2n) is 6.43. The van der Waals surface area contributed by atoms with Crippen molar-refractivity contribution < 1.29 is 0 Å². The highest BCUT2D eigenvalue weighted by Crippen LogP contribution is 2.33. The Morgan fingerprint density at radius 3 is 2.69 bits per heavy atom. The van der Waals surface area contributed by atoms with E-state index < -0.39 is 0 Å². The molecule has 0 N–H and O–H groups in total. The second-order valence-corrected chi connectivity index (χ2v) is 10.1. The Morgan fingerprint density at radius 2 is 1.90 bits per heavy atom. The molecule has 0 unspecified atom stereocenters. The van der Waals surface area contributed by atoms with Crippen LogP contribution in [-0.2, 0) is 5.75 Å². The van der Waals surface area contributed by atoms with E-state index >= 15 is 0 Å². The van der Waals surface area contributed by atoms with E-state index in [0.717, 1.165) is 32.9 Å². The molecule has 5 nitrogen and oxygen atoms in total. The molecule has 0 aliphatic rings. The summed E-state index contributed by atoms with van der Waals surface area (Å²) in [6, 6.07) is 20.6. The number of rotatable bonds is 8. The van der Waals surface area contributed by atoms with Crippen LogP contribution < -0.4 is 0 Å². The number of nitriles is 1. The fraction of sp³-hybridized carbons (Fsp3) is 0.238. The maximum Gasteiger partial charge on any atom is 0.196 e. The standard InChI is InChI=1S/C21H19N5S3/c1-15(8-7-13-22)28-20-25-24-19(26(20)16-9-3-2-4-10-16)14-27-21-23-17-11-5-6-12-18(17)29-21/h2-6,9-12,15H,7-8,14H2,1H3/t15-/m1/s1. The van der Waals surface area contributed by atoms with Crippen LogP contribution >= 0.6 is 34.9 Å². The number of hydrogen-bond acceptors (Lipinski definition) is 7. The van der Waals surface area contributed by atoms with Crippen molar-refractivity contribution in [3.05, 3.63) is 60.4 Å². The van der Waals surface area contributed by atoms with Gasteiger partial charge in [-0.05, 0) is 30.7 Å². The minimum atomic E-state index is 0.297. The second kappa shape index (κ2) is 9.44. The number of fused-ring (bicyclic) bond motifs is 1. The molecule has 29 heavy (non-hydrogen) atoms. The Morgan fingerprint density at radius 1 is 1.10 bits per heavy atom. The van der Waals surface area contributed by atoms with Crippen LogP contribution in [0.5, 0.6) is 0 Å². The minimum Gasteiger partial charge on any atom is -0.273 e. The van der Waals surface area contributed by atoms with E-state index in [4.69, 9.17) is 10.2 Å². The van der Waals surface area contributed by atoms with E-state index in [1.165, 1.54) is 4.70 Å². The Kier molecular flexibility index (Phi) is 6.49.